The van der Waals surface area contributed by atoms with E-state index < -0.39 is 43.5 Å². The lowest BCUT2D eigenvalue weighted by Crippen LogP contribution is -2.36. The minimum absolute atomic E-state index is 0.0209. The zero-order valence-corrected chi connectivity index (χ0v) is 23.6. The molecule has 4 rings (SSSR count). The highest BCUT2D eigenvalue weighted by Crippen LogP contribution is 2.45. The molecule has 208 valence electrons. The second kappa shape index (κ2) is 12.9. The molecule has 0 amide bonds. The Morgan fingerprint density at radius 1 is 1.21 bits per heavy atom. The number of aryl methyl sites for hydroxylation is 1. The van der Waals surface area contributed by atoms with Gasteiger partial charge in [-0.2, -0.15) is 5.09 Å². The Balaban J connectivity index is 1.41. The molecule has 1 fully saturated rings. The Morgan fingerprint density at radius 2 is 1.92 bits per heavy atom. The molecule has 1 aromatic heterocycles. The summed E-state index contributed by atoms with van der Waals surface area (Å²) < 4.78 is 43.5. The lowest BCUT2D eigenvalue weighted by Gasteiger charge is -2.24. The number of hydrogen-bond donors (Lipinski definition) is 2. The molecule has 0 spiro atoms. The molecule has 1 aliphatic rings. The number of carbonyl (C=O) groups excluding carboxylic acids is 1. The van der Waals surface area contributed by atoms with Gasteiger partial charge in [-0.25, -0.2) is 9.36 Å². The summed E-state index contributed by atoms with van der Waals surface area (Å²) in [7, 11) is -4.17. The van der Waals surface area contributed by atoms with E-state index in [1.165, 1.54) is 17.7 Å². The van der Waals surface area contributed by atoms with Crippen molar-refractivity contribution in [1.82, 2.24) is 14.6 Å². The summed E-state index contributed by atoms with van der Waals surface area (Å²) in [5.74, 6) is -0.441. The standard InChI is InChI=1S/C25H27BrN3O9P/c1-16-12-29(25(32)27-23(16)30)21-14-34-22(37-21)15-36-39(33,38-20-10-8-19(26)9-11-20)28-17(2)24(31)35-13-18-6-4-3-5-7-18/h3-12,17,21-22H,13-15H2,1-2H3,(H,28,33)(H,27,30,32)/t17-,21+,22+,39?/m0/s1. The molecule has 4 atom stereocenters. The summed E-state index contributed by atoms with van der Waals surface area (Å²) in [5.41, 5.74) is -0.0359. The highest BCUT2D eigenvalue weighted by atomic mass is 79.9. The fourth-order valence-corrected chi connectivity index (χ4v) is 5.24. The molecule has 2 aromatic carbocycles. The van der Waals surface area contributed by atoms with E-state index in [0.717, 1.165) is 10.0 Å². The van der Waals surface area contributed by atoms with Gasteiger partial charge in [0.05, 0.1) is 6.61 Å². The summed E-state index contributed by atoms with van der Waals surface area (Å²) >= 11 is 3.33. The van der Waals surface area contributed by atoms with Gasteiger partial charge < -0.3 is 18.7 Å². The number of nitrogens with one attached hydrogen (secondary N) is 2. The first-order chi connectivity index (χ1) is 18.6. The average Bonchev–Trinajstić information content (AvgIpc) is 3.39. The van der Waals surface area contributed by atoms with Gasteiger partial charge in [0.2, 0.25) is 0 Å². The van der Waals surface area contributed by atoms with Gasteiger partial charge in [-0.3, -0.25) is 23.7 Å². The van der Waals surface area contributed by atoms with Gasteiger partial charge in [0.25, 0.3) is 5.56 Å². The number of H-pyrrole nitrogens is 1. The van der Waals surface area contributed by atoms with E-state index in [2.05, 4.69) is 26.0 Å². The van der Waals surface area contributed by atoms with Crippen molar-refractivity contribution < 1.29 is 32.6 Å². The highest BCUT2D eigenvalue weighted by Gasteiger charge is 2.36. The first kappa shape index (κ1) is 28.9. The van der Waals surface area contributed by atoms with Crippen molar-refractivity contribution in [3.05, 3.63) is 97.2 Å². The van der Waals surface area contributed by atoms with E-state index in [1.54, 1.807) is 31.2 Å². The third-order valence-corrected chi connectivity index (χ3v) is 7.71. The summed E-state index contributed by atoms with van der Waals surface area (Å²) in [4.78, 5) is 38.6. The molecule has 39 heavy (non-hydrogen) atoms. The van der Waals surface area contributed by atoms with Gasteiger partial charge in [0.15, 0.2) is 12.5 Å². The molecule has 3 aromatic rings. The number of ether oxygens (including phenoxy) is 3. The third kappa shape index (κ3) is 7.98. The van der Waals surface area contributed by atoms with Crippen molar-refractivity contribution >= 4 is 29.6 Å². The maximum atomic E-state index is 13.7. The van der Waals surface area contributed by atoms with Crippen LogP contribution in [0.15, 0.2) is 74.9 Å². The molecule has 0 saturated carbocycles. The van der Waals surface area contributed by atoms with Gasteiger partial charge >= 0.3 is 19.4 Å². The van der Waals surface area contributed by atoms with E-state index in [0.29, 0.717) is 5.56 Å². The molecule has 0 aliphatic carbocycles. The maximum Gasteiger partial charge on any atom is 0.459 e. The lowest BCUT2D eigenvalue weighted by molar-refractivity contribution is -0.146. The number of aromatic nitrogens is 2. The van der Waals surface area contributed by atoms with Crippen LogP contribution in [0, 0.1) is 6.92 Å². The summed E-state index contributed by atoms with van der Waals surface area (Å²) in [5, 5.41) is 2.60. The fraction of sp³-hybridized carbons (Fsp3) is 0.320. The number of carbonyl (C=O) groups is 1. The summed E-state index contributed by atoms with van der Waals surface area (Å²) in [6.07, 6.45) is -0.490. The van der Waals surface area contributed by atoms with Crippen molar-refractivity contribution in [3.8, 4) is 5.75 Å². The van der Waals surface area contributed by atoms with Crippen molar-refractivity contribution in [1.29, 1.82) is 0 Å². The molecule has 1 unspecified atom stereocenters. The Bertz CT molecular complexity index is 1450. The number of halogens is 1. The van der Waals surface area contributed by atoms with Crippen molar-refractivity contribution in [3.63, 3.8) is 0 Å². The van der Waals surface area contributed by atoms with E-state index >= 15 is 0 Å². The molecule has 12 nitrogen and oxygen atoms in total. The first-order valence-corrected chi connectivity index (χ1v) is 14.2. The quantitative estimate of drug-likeness (QED) is 0.240. The van der Waals surface area contributed by atoms with Crippen LogP contribution in [0.2, 0.25) is 0 Å². The van der Waals surface area contributed by atoms with Crippen LogP contribution in [0.3, 0.4) is 0 Å². The van der Waals surface area contributed by atoms with E-state index in [-0.39, 0.29) is 25.6 Å². The first-order valence-electron chi connectivity index (χ1n) is 11.9. The molecule has 14 heteroatoms. The number of aromatic amines is 1. The highest BCUT2D eigenvalue weighted by molar-refractivity contribution is 9.10. The average molecular weight is 624 g/mol. The fourth-order valence-electron chi connectivity index (χ4n) is 3.50. The molecule has 2 N–H and O–H groups in total. The number of hydrogen-bond acceptors (Lipinski definition) is 9. The van der Waals surface area contributed by atoms with Crippen LogP contribution in [0.5, 0.6) is 5.75 Å². The van der Waals surface area contributed by atoms with Gasteiger partial charge in [-0.05, 0) is 43.7 Å². The van der Waals surface area contributed by atoms with Crippen LogP contribution in [0.4, 0.5) is 0 Å². The number of nitrogens with zero attached hydrogens (tertiary/aromatic N) is 1. The summed E-state index contributed by atoms with van der Waals surface area (Å²) in [6, 6.07) is 14.6. The van der Waals surface area contributed by atoms with E-state index in [1.807, 2.05) is 30.3 Å². The number of benzene rings is 2. The largest absolute Gasteiger partial charge is 0.460 e. The second-order valence-electron chi connectivity index (χ2n) is 8.61. The Hall–Kier alpha value is -3.06. The topological polar surface area (TPSA) is 147 Å². The predicted octanol–water partition coefficient (Wildman–Crippen LogP) is 3.40. The molecule has 1 saturated heterocycles. The molecule has 1 aliphatic heterocycles. The molecule has 0 radical (unpaired) electrons. The number of esters is 1. The van der Waals surface area contributed by atoms with Gasteiger partial charge in [0, 0.05) is 16.2 Å². The molecular formula is C25H27BrN3O9P. The van der Waals surface area contributed by atoms with Crippen LogP contribution in [0.25, 0.3) is 0 Å². The predicted molar refractivity (Wildman–Crippen MR) is 143 cm³/mol. The normalized spacial score (nSPS) is 19.3. The summed E-state index contributed by atoms with van der Waals surface area (Å²) in [6.45, 7) is 2.68. The lowest BCUT2D eigenvalue weighted by atomic mass is 10.2. The van der Waals surface area contributed by atoms with Crippen LogP contribution >= 0.6 is 23.7 Å². The minimum atomic E-state index is -4.17. The third-order valence-electron chi connectivity index (χ3n) is 5.54. The minimum Gasteiger partial charge on any atom is -0.460 e. The second-order valence-corrected chi connectivity index (χ2v) is 11.2. The SMILES string of the molecule is Cc1cn([C@H]2CO[C@@H](COP(=O)(N[C@@H](C)C(=O)OCc3ccccc3)Oc3ccc(Br)cc3)O2)c(=O)[nH]c1=O. The smallest absolute Gasteiger partial charge is 0.459 e. The van der Waals surface area contributed by atoms with Crippen LogP contribution in [-0.4, -0.2) is 41.1 Å². The van der Waals surface area contributed by atoms with Crippen molar-refractivity contribution in [2.45, 2.75) is 39.0 Å². The van der Waals surface area contributed by atoms with Crippen molar-refractivity contribution in [2.75, 3.05) is 13.2 Å². The van der Waals surface area contributed by atoms with E-state index in [4.69, 9.17) is 23.3 Å². The van der Waals surface area contributed by atoms with Gasteiger partial charge in [-0.1, -0.05) is 46.3 Å². The molecule has 0 bridgehead atoms. The monoisotopic (exact) mass is 623 g/mol. The maximum absolute atomic E-state index is 13.7. The van der Waals surface area contributed by atoms with Gasteiger partial charge in [-0.15, -0.1) is 0 Å². The van der Waals surface area contributed by atoms with Gasteiger partial charge in [0.1, 0.15) is 25.0 Å². The van der Waals surface area contributed by atoms with Crippen LogP contribution in [-0.2, 0) is 34.7 Å². The Labute approximate surface area is 231 Å². The van der Waals surface area contributed by atoms with Crippen LogP contribution in [0.1, 0.15) is 24.3 Å². The number of rotatable bonds is 11. The van der Waals surface area contributed by atoms with Crippen molar-refractivity contribution in [2.24, 2.45) is 0 Å². The molecule has 2 heterocycles. The molecular weight excluding hydrogens is 597 g/mol. The zero-order valence-electron chi connectivity index (χ0n) is 21.1. The Kier molecular flexibility index (Phi) is 9.54. The van der Waals surface area contributed by atoms with Crippen LogP contribution < -0.4 is 20.9 Å². The Morgan fingerprint density at radius 3 is 2.64 bits per heavy atom. The zero-order chi connectivity index (χ0) is 28.0. The van der Waals surface area contributed by atoms with E-state index in [9.17, 15) is 18.9 Å².